The predicted octanol–water partition coefficient (Wildman–Crippen LogP) is 4.45. The summed E-state index contributed by atoms with van der Waals surface area (Å²) in [4.78, 5) is 27.3. The molecule has 3 rings (SSSR count). The van der Waals surface area contributed by atoms with E-state index in [1.54, 1.807) is 6.08 Å². The molecule has 0 atom stereocenters. The number of nitrogens with zero attached hydrogens (tertiary/aromatic N) is 1. The SMILES string of the molecule is COC(=O)C1=C(C)N(C2CCCCC2)C(=O)/C1=C\c1cccc(Br)c1. The van der Waals surface area contributed by atoms with Crippen LogP contribution in [-0.4, -0.2) is 29.9 Å². The van der Waals surface area contributed by atoms with Gasteiger partial charge in [0.25, 0.3) is 5.91 Å². The molecule has 0 bridgehead atoms. The highest BCUT2D eigenvalue weighted by molar-refractivity contribution is 9.10. The Labute approximate surface area is 156 Å². The van der Waals surface area contributed by atoms with Gasteiger partial charge >= 0.3 is 5.97 Å². The summed E-state index contributed by atoms with van der Waals surface area (Å²) in [5.41, 5.74) is 2.40. The smallest absolute Gasteiger partial charge is 0.340 e. The highest BCUT2D eigenvalue weighted by Gasteiger charge is 2.40. The Morgan fingerprint density at radius 2 is 2.00 bits per heavy atom. The zero-order valence-corrected chi connectivity index (χ0v) is 16.1. The molecule has 0 unspecified atom stereocenters. The summed E-state index contributed by atoms with van der Waals surface area (Å²) in [5, 5.41) is 0. The van der Waals surface area contributed by atoms with E-state index in [2.05, 4.69) is 15.9 Å². The maximum Gasteiger partial charge on any atom is 0.340 e. The molecule has 1 aliphatic carbocycles. The van der Waals surface area contributed by atoms with Gasteiger partial charge in [-0.2, -0.15) is 0 Å². The summed E-state index contributed by atoms with van der Waals surface area (Å²) >= 11 is 3.44. The maximum atomic E-state index is 13.1. The van der Waals surface area contributed by atoms with Crippen LogP contribution in [0, 0.1) is 0 Å². The van der Waals surface area contributed by atoms with Crippen LogP contribution >= 0.6 is 15.9 Å². The van der Waals surface area contributed by atoms with Gasteiger partial charge in [-0.15, -0.1) is 0 Å². The summed E-state index contributed by atoms with van der Waals surface area (Å²) in [6.07, 6.45) is 7.22. The zero-order valence-electron chi connectivity index (χ0n) is 14.5. The highest BCUT2D eigenvalue weighted by atomic mass is 79.9. The van der Waals surface area contributed by atoms with Gasteiger partial charge < -0.3 is 9.64 Å². The number of carbonyl (C=O) groups is 2. The zero-order chi connectivity index (χ0) is 18.0. The van der Waals surface area contributed by atoms with E-state index in [-0.39, 0.29) is 11.9 Å². The lowest BCUT2D eigenvalue weighted by Crippen LogP contribution is -2.37. The number of esters is 1. The maximum absolute atomic E-state index is 13.1. The van der Waals surface area contributed by atoms with Crippen molar-refractivity contribution in [3.05, 3.63) is 51.1 Å². The third-order valence-corrected chi connectivity index (χ3v) is 5.42. The third-order valence-electron chi connectivity index (χ3n) is 4.93. The van der Waals surface area contributed by atoms with Gasteiger partial charge in [0, 0.05) is 16.2 Å². The molecular weight excluding hydrogens is 382 g/mol. The number of allylic oxidation sites excluding steroid dienone is 1. The first-order chi connectivity index (χ1) is 12.0. The Kier molecular flexibility index (Phi) is 5.42. The summed E-state index contributed by atoms with van der Waals surface area (Å²) in [5.74, 6) is -0.546. The largest absolute Gasteiger partial charge is 0.465 e. The quantitative estimate of drug-likeness (QED) is 0.552. The van der Waals surface area contributed by atoms with Gasteiger partial charge in [0.05, 0.1) is 18.3 Å². The van der Waals surface area contributed by atoms with Crippen molar-refractivity contribution in [1.29, 1.82) is 0 Å². The van der Waals surface area contributed by atoms with Crippen molar-refractivity contribution in [1.82, 2.24) is 4.90 Å². The van der Waals surface area contributed by atoms with Gasteiger partial charge in [-0.25, -0.2) is 4.79 Å². The molecular formula is C20H22BrNO3. The standard InChI is InChI=1S/C20H22BrNO3/c1-13-18(20(24)25-2)17(12-14-7-6-8-15(21)11-14)19(23)22(13)16-9-4-3-5-10-16/h6-8,11-12,16H,3-5,9-10H2,1-2H3/b17-12-. The minimum Gasteiger partial charge on any atom is -0.465 e. The Bertz CT molecular complexity index is 760. The monoisotopic (exact) mass is 403 g/mol. The second-order valence-corrected chi connectivity index (χ2v) is 7.45. The van der Waals surface area contributed by atoms with Crippen molar-refractivity contribution in [3.8, 4) is 0 Å². The Hall–Kier alpha value is -1.88. The first-order valence-corrected chi connectivity index (χ1v) is 9.42. The Morgan fingerprint density at radius 3 is 2.64 bits per heavy atom. The molecule has 1 aliphatic heterocycles. The second-order valence-electron chi connectivity index (χ2n) is 6.53. The van der Waals surface area contributed by atoms with E-state index in [9.17, 15) is 9.59 Å². The van der Waals surface area contributed by atoms with E-state index < -0.39 is 5.97 Å². The number of ether oxygens (including phenoxy) is 1. The predicted molar refractivity (Wildman–Crippen MR) is 101 cm³/mol. The average molecular weight is 404 g/mol. The number of amides is 1. The number of methoxy groups -OCH3 is 1. The molecule has 0 radical (unpaired) electrons. The fraction of sp³-hybridized carbons (Fsp3) is 0.400. The van der Waals surface area contributed by atoms with Crippen LogP contribution in [0.25, 0.3) is 6.08 Å². The number of rotatable bonds is 3. The van der Waals surface area contributed by atoms with Gasteiger partial charge in [-0.3, -0.25) is 4.79 Å². The third kappa shape index (κ3) is 3.56. The molecule has 1 heterocycles. The molecule has 1 amide bonds. The summed E-state index contributed by atoms with van der Waals surface area (Å²) in [7, 11) is 1.35. The summed E-state index contributed by atoms with van der Waals surface area (Å²) < 4.78 is 5.88. The molecule has 0 spiro atoms. The number of hydrogen-bond acceptors (Lipinski definition) is 3. The van der Waals surface area contributed by atoms with Crippen molar-refractivity contribution in [3.63, 3.8) is 0 Å². The van der Waals surface area contributed by atoms with E-state index >= 15 is 0 Å². The highest BCUT2D eigenvalue weighted by Crippen LogP contribution is 2.36. The molecule has 0 saturated heterocycles. The van der Waals surface area contributed by atoms with Crippen LogP contribution in [0.1, 0.15) is 44.6 Å². The van der Waals surface area contributed by atoms with Crippen LogP contribution in [-0.2, 0) is 14.3 Å². The van der Waals surface area contributed by atoms with Crippen LogP contribution in [0.4, 0.5) is 0 Å². The molecule has 4 nitrogen and oxygen atoms in total. The van der Waals surface area contributed by atoms with E-state index in [1.165, 1.54) is 13.5 Å². The minimum atomic E-state index is -0.453. The average Bonchev–Trinajstić information content (AvgIpc) is 2.85. The van der Waals surface area contributed by atoms with E-state index in [4.69, 9.17) is 4.74 Å². The second kappa shape index (κ2) is 7.56. The normalized spacial score (nSPS) is 20.5. The van der Waals surface area contributed by atoms with Gasteiger partial charge in [0.2, 0.25) is 0 Å². The lowest BCUT2D eigenvalue weighted by atomic mass is 9.94. The topological polar surface area (TPSA) is 46.6 Å². The number of halogens is 1. The molecule has 1 aromatic carbocycles. The number of carbonyl (C=O) groups excluding carboxylic acids is 2. The Balaban J connectivity index is 2.04. The van der Waals surface area contributed by atoms with Gasteiger partial charge in [0.15, 0.2) is 0 Å². The van der Waals surface area contributed by atoms with Gasteiger partial charge in [0.1, 0.15) is 0 Å². The van der Waals surface area contributed by atoms with E-state index in [1.807, 2.05) is 36.1 Å². The molecule has 25 heavy (non-hydrogen) atoms. The van der Waals surface area contributed by atoms with Crippen LogP contribution < -0.4 is 0 Å². The van der Waals surface area contributed by atoms with Crippen molar-refractivity contribution in [2.75, 3.05) is 7.11 Å². The van der Waals surface area contributed by atoms with Crippen molar-refractivity contribution in [2.45, 2.75) is 45.1 Å². The number of benzene rings is 1. The van der Waals surface area contributed by atoms with E-state index in [0.29, 0.717) is 16.8 Å². The molecule has 1 fully saturated rings. The van der Waals surface area contributed by atoms with Crippen LogP contribution in [0.15, 0.2) is 45.6 Å². The fourth-order valence-electron chi connectivity index (χ4n) is 3.74. The van der Waals surface area contributed by atoms with E-state index in [0.717, 1.165) is 35.7 Å². The lowest BCUT2D eigenvalue weighted by Gasteiger charge is -2.32. The Morgan fingerprint density at radius 1 is 1.28 bits per heavy atom. The molecule has 132 valence electrons. The molecule has 0 N–H and O–H groups in total. The van der Waals surface area contributed by atoms with Crippen molar-refractivity contribution in [2.24, 2.45) is 0 Å². The molecule has 5 heteroatoms. The lowest BCUT2D eigenvalue weighted by molar-refractivity contribution is -0.136. The first kappa shape index (κ1) is 17.9. The van der Waals surface area contributed by atoms with Crippen LogP contribution in [0.5, 0.6) is 0 Å². The molecule has 0 aromatic heterocycles. The van der Waals surface area contributed by atoms with Crippen molar-refractivity contribution < 1.29 is 14.3 Å². The van der Waals surface area contributed by atoms with Gasteiger partial charge in [-0.05, 0) is 43.5 Å². The fourth-order valence-corrected chi connectivity index (χ4v) is 4.16. The van der Waals surface area contributed by atoms with Crippen molar-refractivity contribution >= 4 is 33.9 Å². The molecule has 1 saturated carbocycles. The first-order valence-electron chi connectivity index (χ1n) is 8.63. The molecule has 2 aliphatic rings. The molecule has 1 aromatic rings. The van der Waals surface area contributed by atoms with Crippen LogP contribution in [0.3, 0.4) is 0 Å². The minimum absolute atomic E-state index is 0.0928. The summed E-state index contributed by atoms with van der Waals surface area (Å²) in [6.45, 7) is 1.85. The van der Waals surface area contributed by atoms with Crippen LogP contribution in [0.2, 0.25) is 0 Å². The van der Waals surface area contributed by atoms with Gasteiger partial charge in [-0.1, -0.05) is 47.3 Å². The summed E-state index contributed by atoms with van der Waals surface area (Å²) in [6, 6.07) is 7.85. The number of hydrogen-bond donors (Lipinski definition) is 0.